The Morgan fingerprint density at radius 3 is 1.85 bits per heavy atom. The highest BCUT2D eigenvalue weighted by Gasteiger charge is 2.16. The third-order valence-electron chi connectivity index (χ3n) is 4.33. The van der Waals surface area contributed by atoms with Gasteiger partial charge in [-0.15, -0.1) is 0 Å². The van der Waals surface area contributed by atoms with E-state index in [1.807, 2.05) is 48.5 Å². The number of ketones is 1. The smallest absolute Gasteiger partial charge is 0.134 e. The molecule has 3 nitrogen and oxygen atoms in total. The largest absolute Gasteiger partial charge is 0.508 e. The van der Waals surface area contributed by atoms with Crippen molar-refractivity contribution in [3.8, 4) is 5.75 Å². The van der Waals surface area contributed by atoms with E-state index in [9.17, 15) is 9.90 Å². The van der Waals surface area contributed by atoms with Crippen molar-refractivity contribution >= 4 is 11.5 Å². The topological polar surface area (TPSA) is 40.5 Å². The van der Waals surface area contributed by atoms with Crippen molar-refractivity contribution in [1.82, 2.24) is 0 Å². The second-order valence-electron chi connectivity index (χ2n) is 6.48. The lowest BCUT2D eigenvalue weighted by Gasteiger charge is -2.28. The second-order valence-corrected chi connectivity index (χ2v) is 6.48. The molecular weight excluding hydrogens is 322 g/mol. The number of hydrogen-bond donors (Lipinski definition) is 1. The molecule has 0 radical (unpaired) electrons. The van der Waals surface area contributed by atoms with Crippen LogP contribution in [-0.4, -0.2) is 10.9 Å². The number of hydrogen-bond acceptors (Lipinski definition) is 3. The molecule has 0 atom stereocenters. The minimum absolute atomic E-state index is 0.0344. The molecule has 0 saturated heterocycles. The fourth-order valence-electron chi connectivity index (χ4n) is 3.12. The third kappa shape index (κ3) is 4.51. The Bertz CT molecular complexity index is 818. The van der Waals surface area contributed by atoms with Crippen LogP contribution in [0.3, 0.4) is 0 Å². The normalized spacial score (nSPS) is 10.5. The molecule has 3 heteroatoms. The maximum absolute atomic E-state index is 11.7. The van der Waals surface area contributed by atoms with Crippen LogP contribution < -0.4 is 4.90 Å². The van der Waals surface area contributed by atoms with Gasteiger partial charge in [0.1, 0.15) is 11.5 Å². The third-order valence-corrected chi connectivity index (χ3v) is 4.33. The van der Waals surface area contributed by atoms with Crippen molar-refractivity contribution in [2.75, 3.05) is 4.90 Å². The first-order chi connectivity index (χ1) is 12.6. The molecule has 0 unspecified atom stereocenters. The minimum Gasteiger partial charge on any atom is -0.508 e. The highest BCUT2D eigenvalue weighted by molar-refractivity contribution is 5.81. The summed E-state index contributed by atoms with van der Waals surface area (Å²) in [6, 6.07) is 25.9. The molecule has 0 aliphatic rings. The van der Waals surface area contributed by atoms with Gasteiger partial charge >= 0.3 is 0 Å². The van der Waals surface area contributed by atoms with Crippen LogP contribution >= 0.6 is 0 Å². The minimum atomic E-state index is 0.0344. The molecule has 3 rings (SSSR count). The summed E-state index contributed by atoms with van der Waals surface area (Å²) in [4.78, 5) is 13.9. The Labute approximate surface area is 154 Å². The Morgan fingerprint density at radius 2 is 1.35 bits per heavy atom. The van der Waals surface area contributed by atoms with E-state index in [2.05, 4.69) is 29.2 Å². The summed E-state index contributed by atoms with van der Waals surface area (Å²) in [7, 11) is 0. The highest BCUT2D eigenvalue weighted by Crippen LogP contribution is 2.31. The molecule has 0 aliphatic carbocycles. The lowest BCUT2D eigenvalue weighted by atomic mass is 10.0. The van der Waals surface area contributed by atoms with Crippen LogP contribution in [0.15, 0.2) is 78.9 Å². The molecule has 0 heterocycles. The quantitative estimate of drug-likeness (QED) is 0.673. The number of nitrogens with zero attached hydrogens (tertiary/aromatic N) is 1. The van der Waals surface area contributed by atoms with Crippen LogP contribution in [0.2, 0.25) is 0 Å². The average molecular weight is 345 g/mol. The van der Waals surface area contributed by atoms with Gasteiger partial charge in [0, 0.05) is 30.8 Å². The Morgan fingerprint density at radius 1 is 0.808 bits per heavy atom. The number of aromatic hydroxyl groups is 1. The van der Waals surface area contributed by atoms with E-state index >= 15 is 0 Å². The molecule has 0 aliphatic heterocycles. The van der Waals surface area contributed by atoms with Crippen LogP contribution in [0.5, 0.6) is 5.75 Å². The molecule has 132 valence electrons. The van der Waals surface area contributed by atoms with Gasteiger partial charge in [0.15, 0.2) is 0 Å². The molecule has 26 heavy (non-hydrogen) atoms. The standard InChI is InChI=1S/C23H23NO2/c1-18(25)15-21-22(13-8-14-23(21)26)24(16-19-9-4-2-5-10-19)17-20-11-6-3-7-12-20/h2-14,26H,15-17H2,1H3. The number of phenolic OH excluding ortho intramolecular Hbond substituents is 1. The summed E-state index contributed by atoms with van der Waals surface area (Å²) < 4.78 is 0. The predicted octanol–water partition coefficient (Wildman–Crippen LogP) is 4.73. The monoisotopic (exact) mass is 345 g/mol. The molecule has 0 spiro atoms. The van der Waals surface area contributed by atoms with Crippen molar-refractivity contribution in [2.45, 2.75) is 26.4 Å². The first kappa shape index (κ1) is 17.7. The lowest BCUT2D eigenvalue weighted by molar-refractivity contribution is -0.116. The Hall–Kier alpha value is -3.07. The van der Waals surface area contributed by atoms with Crippen LogP contribution in [0, 0.1) is 0 Å². The van der Waals surface area contributed by atoms with E-state index in [0.29, 0.717) is 18.7 Å². The molecule has 1 N–H and O–H groups in total. The summed E-state index contributed by atoms with van der Waals surface area (Å²) >= 11 is 0. The number of rotatable bonds is 7. The summed E-state index contributed by atoms with van der Waals surface area (Å²) in [5.41, 5.74) is 3.95. The zero-order valence-corrected chi connectivity index (χ0v) is 14.9. The van der Waals surface area contributed by atoms with Crippen molar-refractivity contribution < 1.29 is 9.90 Å². The molecule has 0 fully saturated rings. The zero-order chi connectivity index (χ0) is 18.4. The lowest BCUT2D eigenvalue weighted by Crippen LogP contribution is -2.23. The Kier molecular flexibility index (Phi) is 5.69. The summed E-state index contributed by atoms with van der Waals surface area (Å²) in [5, 5.41) is 10.3. The Balaban J connectivity index is 2.00. The van der Waals surface area contributed by atoms with Crippen LogP contribution in [0.1, 0.15) is 23.6 Å². The van der Waals surface area contributed by atoms with E-state index in [0.717, 1.165) is 5.69 Å². The predicted molar refractivity (Wildman–Crippen MR) is 105 cm³/mol. The molecular formula is C23H23NO2. The van der Waals surface area contributed by atoms with Crippen molar-refractivity contribution in [1.29, 1.82) is 0 Å². The molecule has 3 aromatic carbocycles. The van der Waals surface area contributed by atoms with Crippen molar-refractivity contribution in [3.05, 3.63) is 95.6 Å². The van der Waals surface area contributed by atoms with Gasteiger partial charge in [-0.25, -0.2) is 0 Å². The number of carbonyl (C=O) groups is 1. The molecule has 3 aromatic rings. The van der Waals surface area contributed by atoms with Gasteiger partial charge in [0.2, 0.25) is 0 Å². The van der Waals surface area contributed by atoms with Gasteiger partial charge in [0.25, 0.3) is 0 Å². The van der Waals surface area contributed by atoms with Crippen molar-refractivity contribution in [2.24, 2.45) is 0 Å². The molecule has 0 aromatic heterocycles. The molecule has 0 saturated carbocycles. The zero-order valence-electron chi connectivity index (χ0n) is 14.9. The highest BCUT2D eigenvalue weighted by atomic mass is 16.3. The van der Waals surface area contributed by atoms with Crippen LogP contribution in [-0.2, 0) is 24.3 Å². The number of anilines is 1. The van der Waals surface area contributed by atoms with E-state index in [4.69, 9.17) is 0 Å². The van der Waals surface area contributed by atoms with Gasteiger partial charge < -0.3 is 10.0 Å². The molecule has 0 bridgehead atoms. The van der Waals surface area contributed by atoms with Crippen LogP contribution in [0.4, 0.5) is 5.69 Å². The van der Waals surface area contributed by atoms with E-state index in [1.165, 1.54) is 11.1 Å². The summed E-state index contributed by atoms with van der Waals surface area (Å²) in [6.45, 7) is 2.95. The number of phenols is 1. The SMILES string of the molecule is CC(=O)Cc1c(O)cccc1N(Cc1ccccc1)Cc1ccccc1. The summed E-state index contributed by atoms with van der Waals surface area (Å²) in [5.74, 6) is 0.205. The maximum atomic E-state index is 11.7. The van der Waals surface area contributed by atoms with E-state index in [1.54, 1.807) is 13.0 Å². The van der Waals surface area contributed by atoms with Gasteiger partial charge in [-0.2, -0.15) is 0 Å². The first-order valence-electron chi connectivity index (χ1n) is 8.76. The number of Topliss-reactive ketones (excluding diaryl/α,β-unsaturated/α-hetero) is 1. The second kappa shape index (κ2) is 8.34. The first-order valence-corrected chi connectivity index (χ1v) is 8.76. The van der Waals surface area contributed by atoms with Gasteiger partial charge in [-0.1, -0.05) is 66.7 Å². The van der Waals surface area contributed by atoms with Gasteiger partial charge in [0.05, 0.1) is 0 Å². The molecule has 0 amide bonds. The van der Waals surface area contributed by atoms with Gasteiger partial charge in [-0.3, -0.25) is 4.79 Å². The van der Waals surface area contributed by atoms with Crippen molar-refractivity contribution in [3.63, 3.8) is 0 Å². The maximum Gasteiger partial charge on any atom is 0.134 e. The fourth-order valence-corrected chi connectivity index (χ4v) is 3.12. The van der Waals surface area contributed by atoms with Crippen LogP contribution in [0.25, 0.3) is 0 Å². The number of benzene rings is 3. The average Bonchev–Trinajstić information content (AvgIpc) is 2.64. The number of carbonyl (C=O) groups excluding carboxylic acids is 1. The summed E-state index contributed by atoms with van der Waals surface area (Å²) in [6.07, 6.45) is 0.224. The van der Waals surface area contributed by atoms with Gasteiger partial charge in [-0.05, 0) is 30.2 Å². The van der Waals surface area contributed by atoms with E-state index < -0.39 is 0 Å². The fraction of sp³-hybridized carbons (Fsp3) is 0.174. The van der Waals surface area contributed by atoms with E-state index in [-0.39, 0.29) is 18.0 Å².